The number of imidazole rings is 2. The molecule has 240 valence electrons. The van der Waals surface area contributed by atoms with Crippen LogP contribution in [0.15, 0.2) is 97.1 Å². The summed E-state index contributed by atoms with van der Waals surface area (Å²) in [6, 6.07) is 30.4. The third kappa shape index (κ3) is 7.70. The number of amides is 2. The van der Waals surface area contributed by atoms with Crippen molar-refractivity contribution in [2.24, 2.45) is 0 Å². The van der Waals surface area contributed by atoms with Crippen LogP contribution in [-0.2, 0) is 35.5 Å². The van der Waals surface area contributed by atoms with Gasteiger partial charge in [-0.25, -0.2) is 24.2 Å². The Bertz CT molecular complexity index is 1990. The summed E-state index contributed by atoms with van der Waals surface area (Å²) < 4.78 is 12.2. The molecule has 0 saturated carbocycles. The van der Waals surface area contributed by atoms with Crippen LogP contribution >= 0.6 is 0 Å². The molecule has 0 unspecified atom stereocenters. The predicted molar refractivity (Wildman–Crippen MR) is 180 cm³/mol. The molecule has 0 aliphatic rings. The van der Waals surface area contributed by atoms with E-state index in [-0.39, 0.29) is 19.3 Å². The van der Waals surface area contributed by atoms with Crippen molar-refractivity contribution in [3.05, 3.63) is 131 Å². The van der Waals surface area contributed by atoms with Gasteiger partial charge in [-0.1, -0.05) is 72.8 Å². The van der Waals surface area contributed by atoms with E-state index in [0.717, 1.165) is 57.2 Å². The quantitative estimate of drug-likeness (QED) is 0.121. The molecule has 5 N–H and O–H groups in total. The Morgan fingerprint density at radius 1 is 0.723 bits per heavy atom. The Morgan fingerprint density at radius 3 is 1.89 bits per heavy atom. The number of aromatic amines is 1. The third-order valence-electron chi connectivity index (χ3n) is 7.94. The summed E-state index contributed by atoms with van der Waals surface area (Å²) in [7, 11) is 0. The van der Waals surface area contributed by atoms with E-state index >= 15 is 0 Å². The van der Waals surface area contributed by atoms with Crippen LogP contribution in [-0.4, -0.2) is 31.8 Å². The van der Waals surface area contributed by atoms with Crippen molar-refractivity contribution in [2.45, 2.75) is 52.0 Å². The van der Waals surface area contributed by atoms with Crippen molar-refractivity contribution >= 4 is 34.3 Å². The van der Waals surface area contributed by atoms with Gasteiger partial charge in [0.25, 0.3) is 0 Å². The van der Waals surface area contributed by atoms with Crippen LogP contribution in [0.25, 0.3) is 22.1 Å². The van der Waals surface area contributed by atoms with Gasteiger partial charge in [-0.2, -0.15) is 0 Å². The average molecular weight is 632 g/mol. The Hall–Kier alpha value is -5.84. The fourth-order valence-electron chi connectivity index (χ4n) is 5.36. The molecule has 0 aliphatic heterocycles. The van der Waals surface area contributed by atoms with Gasteiger partial charge in [0.2, 0.25) is 0 Å². The number of nitrogen functional groups attached to an aromatic ring is 1. The lowest BCUT2D eigenvalue weighted by Gasteiger charge is -2.13. The molecule has 2 atom stereocenters. The molecule has 2 aromatic heterocycles. The van der Waals surface area contributed by atoms with Gasteiger partial charge in [0.05, 0.1) is 34.2 Å². The highest BCUT2D eigenvalue weighted by atomic mass is 16.6. The number of rotatable bonds is 11. The standard InChI is InChI=1S/C36H37N7O4/c1-23(38-35(44)46-21-27-9-5-3-6-10-27)33-40-29-17-15-25(19-30(29)41-33)13-14-26-16-18-32-31(20-26)42-34(43(32)37)24(2)39-36(45)47-22-28-11-7-4-8-12-28/h3-12,15-20,23-24H,13-14,21-22,37H2,1-2H3,(H,38,44)(H,39,45)(H,40,41)/t23-,24-/m0/s1. The number of aromatic nitrogens is 4. The fraction of sp³-hybridized carbons (Fsp3) is 0.222. The summed E-state index contributed by atoms with van der Waals surface area (Å²) in [6.07, 6.45) is 0.543. The van der Waals surface area contributed by atoms with Crippen LogP contribution in [0.1, 0.15) is 59.8 Å². The number of ether oxygens (including phenoxy) is 2. The van der Waals surface area contributed by atoms with Crippen molar-refractivity contribution in [1.29, 1.82) is 0 Å². The first-order chi connectivity index (χ1) is 22.8. The van der Waals surface area contributed by atoms with Gasteiger partial charge in [-0.15, -0.1) is 0 Å². The van der Waals surface area contributed by atoms with Gasteiger partial charge in [0.1, 0.15) is 19.0 Å². The van der Waals surface area contributed by atoms with Gasteiger partial charge in [0.15, 0.2) is 5.82 Å². The van der Waals surface area contributed by atoms with Crippen molar-refractivity contribution in [3.8, 4) is 0 Å². The lowest BCUT2D eigenvalue weighted by molar-refractivity contribution is 0.135. The molecule has 47 heavy (non-hydrogen) atoms. The number of hydrogen-bond acceptors (Lipinski definition) is 7. The molecular formula is C36H37N7O4. The zero-order valence-corrected chi connectivity index (χ0v) is 26.3. The minimum absolute atomic E-state index is 0.179. The smallest absolute Gasteiger partial charge is 0.408 e. The number of aryl methyl sites for hydroxylation is 2. The highest BCUT2D eigenvalue weighted by Gasteiger charge is 2.19. The maximum Gasteiger partial charge on any atom is 0.408 e. The van der Waals surface area contributed by atoms with E-state index in [4.69, 9.17) is 25.3 Å². The van der Waals surface area contributed by atoms with E-state index in [0.29, 0.717) is 11.6 Å². The van der Waals surface area contributed by atoms with E-state index in [2.05, 4.69) is 27.8 Å². The number of H-pyrrole nitrogens is 1. The molecule has 6 rings (SSSR count). The molecule has 2 heterocycles. The van der Waals surface area contributed by atoms with Gasteiger partial charge in [0, 0.05) is 0 Å². The normalized spacial score (nSPS) is 12.5. The highest BCUT2D eigenvalue weighted by Crippen LogP contribution is 2.22. The molecule has 11 nitrogen and oxygen atoms in total. The molecule has 0 aliphatic carbocycles. The first kappa shape index (κ1) is 31.2. The van der Waals surface area contributed by atoms with Crippen molar-refractivity contribution in [3.63, 3.8) is 0 Å². The summed E-state index contributed by atoms with van der Waals surface area (Å²) in [6.45, 7) is 4.06. The highest BCUT2D eigenvalue weighted by molar-refractivity contribution is 5.78. The van der Waals surface area contributed by atoms with Crippen LogP contribution in [0.3, 0.4) is 0 Å². The number of benzene rings is 4. The number of nitrogens with one attached hydrogen (secondary N) is 3. The van der Waals surface area contributed by atoms with Crippen LogP contribution in [0.4, 0.5) is 9.59 Å². The molecule has 0 bridgehead atoms. The van der Waals surface area contributed by atoms with Crippen LogP contribution in [0.5, 0.6) is 0 Å². The van der Waals surface area contributed by atoms with E-state index < -0.39 is 18.2 Å². The zero-order valence-electron chi connectivity index (χ0n) is 26.3. The SMILES string of the molecule is C[C@H](NC(=O)OCc1ccccc1)c1nc2cc(CCc3ccc4c(c3)nc([C@H](C)NC(=O)OCc3ccccc3)n4N)ccc2[nH]1. The lowest BCUT2D eigenvalue weighted by atomic mass is 10.0. The van der Waals surface area contributed by atoms with Crippen molar-refractivity contribution in [1.82, 2.24) is 30.3 Å². The van der Waals surface area contributed by atoms with Gasteiger partial charge >= 0.3 is 12.2 Å². The maximum absolute atomic E-state index is 12.4. The van der Waals surface area contributed by atoms with E-state index in [1.165, 1.54) is 4.68 Å². The molecule has 0 spiro atoms. The molecule has 6 aromatic rings. The Labute approximate surface area is 272 Å². The third-order valence-corrected chi connectivity index (χ3v) is 7.94. The number of nitrogens with zero attached hydrogens (tertiary/aromatic N) is 3. The number of carbonyl (C=O) groups excluding carboxylic acids is 2. The number of carbonyl (C=O) groups is 2. The zero-order chi connectivity index (χ0) is 32.8. The summed E-state index contributed by atoms with van der Waals surface area (Å²) in [5.74, 6) is 7.54. The molecule has 0 radical (unpaired) electrons. The number of alkyl carbamates (subject to hydrolysis) is 2. The fourth-order valence-corrected chi connectivity index (χ4v) is 5.36. The van der Waals surface area contributed by atoms with Crippen molar-refractivity contribution < 1.29 is 19.1 Å². The number of hydrogen-bond donors (Lipinski definition) is 4. The topological polar surface area (TPSA) is 149 Å². The first-order valence-electron chi connectivity index (χ1n) is 15.5. The molecule has 0 fully saturated rings. The number of nitrogens with two attached hydrogens (primary N) is 1. The number of fused-ring (bicyclic) bond motifs is 2. The largest absolute Gasteiger partial charge is 0.445 e. The second-order valence-corrected chi connectivity index (χ2v) is 11.5. The molecule has 4 aromatic carbocycles. The Balaban J connectivity index is 1.04. The van der Waals surface area contributed by atoms with E-state index in [1.807, 2.05) is 98.8 Å². The van der Waals surface area contributed by atoms with E-state index in [9.17, 15) is 9.59 Å². The summed E-state index contributed by atoms with van der Waals surface area (Å²) in [5, 5.41) is 5.65. The minimum atomic E-state index is -0.540. The second kappa shape index (κ2) is 14.1. The monoisotopic (exact) mass is 631 g/mol. The molecule has 2 amide bonds. The van der Waals surface area contributed by atoms with Crippen LogP contribution in [0, 0.1) is 0 Å². The summed E-state index contributed by atoms with van der Waals surface area (Å²) >= 11 is 0. The van der Waals surface area contributed by atoms with Gasteiger partial charge < -0.3 is 30.9 Å². The summed E-state index contributed by atoms with van der Waals surface area (Å²) in [4.78, 5) is 37.5. The maximum atomic E-state index is 12.4. The lowest BCUT2D eigenvalue weighted by Crippen LogP contribution is -2.30. The predicted octanol–water partition coefficient (Wildman–Crippen LogP) is 6.39. The Kier molecular flexibility index (Phi) is 9.33. The van der Waals surface area contributed by atoms with Crippen molar-refractivity contribution in [2.75, 3.05) is 5.84 Å². The van der Waals surface area contributed by atoms with Gasteiger partial charge in [-0.3, -0.25) is 0 Å². The molecule has 0 saturated heterocycles. The Morgan fingerprint density at radius 2 is 1.28 bits per heavy atom. The second-order valence-electron chi connectivity index (χ2n) is 11.5. The van der Waals surface area contributed by atoms with Gasteiger partial charge in [-0.05, 0) is 73.2 Å². The van der Waals surface area contributed by atoms with Crippen LogP contribution < -0.4 is 16.5 Å². The first-order valence-corrected chi connectivity index (χ1v) is 15.5. The molecule has 11 heteroatoms. The summed E-state index contributed by atoms with van der Waals surface area (Å²) in [5.41, 5.74) is 7.32. The average Bonchev–Trinajstić information content (AvgIpc) is 3.67. The van der Waals surface area contributed by atoms with E-state index in [1.54, 1.807) is 0 Å². The minimum Gasteiger partial charge on any atom is -0.445 e. The van der Waals surface area contributed by atoms with Crippen LogP contribution in [0.2, 0.25) is 0 Å². The molecular weight excluding hydrogens is 594 g/mol.